The van der Waals surface area contributed by atoms with Crippen molar-refractivity contribution in [3.05, 3.63) is 59.7 Å². The Morgan fingerprint density at radius 1 is 1.24 bits per heavy atom. The topological polar surface area (TPSA) is 64.3 Å². The molecule has 0 aliphatic carbocycles. The zero-order valence-corrected chi connectivity index (χ0v) is 12.3. The lowest BCUT2D eigenvalue weighted by molar-refractivity contribution is -0.116. The van der Waals surface area contributed by atoms with Gasteiger partial charge in [-0.1, -0.05) is 36.4 Å². The summed E-state index contributed by atoms with van der Waals surface area (Å²) >= 11 is 0. The molecular formula is C17H20N2O2. The van der Waals surface area contributed by atoms with E-state index in [1.165, 1.54) is 0 Å². The maximum absolute atomic E-state index is 12.1. The molecule has 1 atom stereocenters. The number of nitrogens with two attached hydrogens (primary N) is 1. The zero-order chi connectivity index (χ0) is 15.2. The molecule has 0 radical (unpaired) electrons. The minimum Gasteiger partial charge on any atom is -0.495 e. The van der Waals surface area contributed by atoms with Gasteiger partial charge in [-0.15, -0.1) is 0 Å². The number of ether oxygens (including phenoxy) is 1. The number of amides is 1. The van der Waals surface area contributed by atoms with Crippen LogP contribution in [0.5, 0.6) is 5.75 Å². The lowest BCUT2D eigenvalue weighted by atomic mass is 10.0. The molecule has 0 heterocycles. The van der Waals surface area contributed by atoms with Gasteiger partial charge in [-0.05, 0) is 30.2 Å². The van der Waals surface area contributed by atoms with Crippen molar-refractivity contribution in [1.82, 2.24) is 0 Å². The smallest absolute Gasteiger partial charge is 0.226 e. The van der Waals surface area contributed by atoms with Crippen molar-refractivity contribution in [2.45, 2.75) is 19.4 Å². The quantitative estimate of drug-likeness (QED) is 0.887. The predicted octanol–water partition coefficient (Wildman–Crippen LogP) is 3.03. The molecule has 0 saturated heterocycles. The van der Waals surface area contributed by atoms with Crippen LogP contribution in [0.3, 0.4) is 0 Å². The Bertz CT molecular complexity index is 611. The first-order valence-electron chi connectivity index (χ1n) is 6.85. The van der Waals surface area contributed by atoms with Gasteiger partial charge in [-0.25, -0.2) is 0 Å². The van der Waals surface area contributed by atoms with E-state index in [9.17, 15) is 4.79 Å². The number of carbonyl (C=O) groups excluding carboxylic acids is 1. The molecule has 0 fully saturated rings. The van der Waals surface area contributed by atoms with Crippen molar-refractivity contribution in [2.24, 2.45) is 5.73 Å². The number of aryl methyl sites for hydroxylation is 1. The first-order valence-corrected chi connectivity index (χ1v) is 6.85. The summed E-state index contributed by atoms with van der Waals surface area (Å²) in [5.41, 5.74) is 8.73. The van der Waals surface area contributed by atoms with Gasteiger partial charge in [0.05, 0.1) is 12.8 Å². The van der Waals surface area contributed by atoms with E-state index < -0.39 is 0 Å². The summed E-state index contributed by atoms with van der Waals surface area (Å²) < 4.78 is 5.24. The number of benzene rings is 2. The molecule has 110 valence electrons. The summed E-state index contributed by atoms with van der Waals surface area (Å²) in [6.45, 7) is 1.96. The van der Waals surface area contributed by atoms with Crippen LogP contribution in [-0.2, 0) is 4.79 Å². The van der Waals surface area contributed by atoms with E-state index in [4.69, 9.17) is 10.5 Å². The molecule has 2 aromatic rings. The Morgan fingerprint density at radius 2 is 1.95 bits per heavy atom. The number of hydrogen-bond donors (Lipinski definition) is 2. The van der Waals surface area contributed by atoms with Crippen molar-refractivity contribution in [2.75, 3.05) is 12.4 Å². The lowest BCUT2D eigenvalue weighted by Gasteiger charge is -2.14. The maximum Gasteiger partial charge on any atom is 0.226 e. The summed E-state index contributed by atoms with van der Waals surface area (Å²) in [7, 11) is 1.58. The molecule has 2 aromatic carbocycles. The summed E-state index contributed by atoms with van der Waals surface area (Å²) in [4.78, 5) is 12.1. The maximum atomic E-state index is 12.1. The van der Waals surface area contributed by atoms with E-state index in [-0.39, 0.29) is 18.4 Å². The lowest BCUT2D eigenvalue weighted by Crippen LogP contribution is -2.20. The van der Waals surface area contributed by atoms with Gasteiger partial charge in [-0.3, -0.25) is 4.79 Å². The molecule has 4 nitrogen and oxygen atoms in total. The summed E-state index contributed by atoms with van der Waals surface area (Å²) in [5, 5.41) is 2.86. The first-order chi connectivity index (χ1) is 10.1. The normalized spacial score (nSPS) is 11.8. The molecule has 21 heavy (non-hydrogen) atoms. The second-order valence-electron chi connectivity index (χ2n) is 4.97. The average Bonchev–Trinajstić information content (AvgIpc) is 2.48. The highest BCUT2D eigenvalue weighted by atomic mass is 16.5. The minimum absolute atomic E-state index is 0.129. The van der Waals surface area contributed by atoms with Gasteiger partial charge in [0.2, 0.25) is 5.91 Å². The van der Waals surface area contributed by atoms with Crippen LogP contribution in [0, 0.1) is 6.92 Å². The summed E-state index contributed by atoms with van der Waals surface area (Å²) in [5.74, 6) is 0.512. The highest BCUT2D eigenvalue weighted by molar-refractivity contribution is 5.92. The number of hydrogen-bond acceptors (Lipinski definition) is 3. The van der Waals surface area contributed by atoms with Gasteiger partial charge in [0.1, 0.15) is 5.75 Å². The Labute approximate surface area is 124 Å². The van der Waals surface area contributed by atoms with E-state index in [2.05, 4.69) is 5.32 Å². The number of carbonyl (C=O) groups is 1. The highest BCUT2D eigenvalue weighted by Gasteiger charge is 2.13. The predicted molar refractivity (Wildman–Crippen MR) is 84.3 cm³/mol. The Hall–Kier alpha value is -2.33. The first kappa shape index (κ1) is 15.1. The standard InChI is InChI=1S/C17H20N2O2/c1-12-8-9-16(21-2)15(10-12)19-17(20)11-14(18)13-6-4-3-5-7-13/h3-10,14H,11,18H2,1-2H3,(H,19,20). The number of methoxy groups -OCH3 is 1. The van der Waals surface area contributed by atoms with Crippen LogP contribution in [0.4, 0.5) is 5.69 Å². The van der Waals surface area contributed by atoms with Crippen LogP contribution >= 0.6 is 0 Å². The molecule has 0 aromatic heterocycles. The third kappa shape index (κ3) is 4.07. The SMILES string of the molecule is COc1ccc(C)cc1NC(=O)CC(N)c1ccccc1. The Balaban J connectivity index is 2.04. The highest BCUT2D eigenvalue weighted by Crippen LogP contribution is 2.26. The van der Waals surface area contributed by atoms with Crippen molar-refractivity contribution in [1.29, 1.82) is 0 Å². The van der Waals surface area contributed by atoms with Crippen LogP contribution in [0.25, 0.3) is 0 Å². The van der Waals surface area contributed by atoms with E-state index >= 15 is 0 Å². The molecule has 0 aliphatic heterocycles. The monoisotopic (exact) mass is 284 g/mol. The largest absolute Gasteiger partial charge is 0.495 e. The van der Waals surface area contributed by atoms with E-state index in [1.807, 2.05) is 55.5 Å². The Morgan fingerprint density at radius 3 is 2.62 bits per heavy atom. The van der Waals surface area contributed by atoms with E-state index in [1.54, 1.807) is 7.11 Å². The molecule has 0 bridgehead atoms. The van der Waals surface area contributed by atoms with Gasteiger partial charge in [-0.2, -0.15) is 0 Å². The molecule has 1 unspecified atom stereocenters. The average molecular weight is 284 g/mol. The molecule has 4 heteroatoms. The fraction of sp³-hybridized carbons (Fsp3) is 0.235. The molecule has 1 amide bonds. The molecular weight excluding hydrogens is 264 g/mol. The molecule has 2 rings (SSSR count). The van der Waals surface area contributed by atoms with E-state index in [0.29, 0.717) is 11.4 Å². The molecule has 0 spiro atoms. The Kier molecular flexibility index (Phi) is 4.95. The summed E-state index contributed by atoms with van der Waals surface area (Å²) in [6, 6.07) is 14.9. The van der Waals surface area contributed by atoms with Crippen molar-refractivity contribution in [3.63, 3.8) is 0 Å². The van der Waals surface area contributed by atoms with Crippen LogP contribution in [0.2, 0.25) is 0 Å². The van der Waals surface area contributed by atoms with Crippen molar-refractivity contribution < 1.29 is 9.53 Å². The fourth-order valence-corrected chi connectivity index (χ4v) is 2.14. The second kappa shape index (κ2) is 6.90. The van der Waals surface area contributed by atoms with Gasteiger partial charge in [0, 0.05) is 12.5 Å². The number of rotatable bonds is 5. The fourth-order valence-electron chi connectivity index (χ4n) is 2.14. The van der Waals surface area contributed by atoms with Gasteiger partial charge < -0.3 is 15.8 Å². The number of anilines is 1. The molecule has 0 aliphatic rings. The second-order valence-corrected chi connectivity index (χ2v) is 4.97. The van der Waals surface area contributed by atoms with Crippen LogP contribution < -0.4 is 15.8 Å². The van der Waals surface area contributed by atoms with Crippen molar-refractivity contribution in [3.8, 4) is 5.75 Å². The summed E-state index contributed by atoms with van der Waals surface area (Å²) in [6.07, 6.45) is 0.223. The third-order valence-electron chi connectivity index (χ3n) is 3.26. The molecule has 0 saturated carbocycles. The minimum atomic E-state index is -0.318. The zero-order valence-electron chi connectivity index (χ0n) is 12.3. The molecule has 3 N–H and O–H groups in total. The van der Waals surface area contributed by atoms with Gasteiger partial charge >= 0.3 is 0 Å². The van der Waals surface area contributed by atoms with Crippen LogP contribution in [0.1, 0.15) is 23.6 Å². The third-order valence-corrected chi connectivity index (χ3v) is 3.26. The van der Waals surface area contributed by atoms with E-state index in [0.717, 1.165) is 11.1 Å². The van der Waals surface area contributed by atoms with Gasteiger partial charge in [0.25, 0.3) is 0 Å². The number of nitrogens with one attached hydrogen (secondary N) is 1. The van der Waals surface area contributed by atoms with Crippen LogP contribution in [0.15, 0.2) is 48.5 Å². The van der Waals surface area contributed by atoms with Crippen LogP contribution in [-0.4, -0.2) is 13.0 Å². The van der Waals surface area contributed by atoms with Gasteiger partial charge in [0.15, 0.2) is 0 Å². The van der Waals surface area contributed by atoms with Crippen molar-refractivity contribution >= 4 is 11.6 Å².